The van der Waals surface area contributed by atoms with Gasteiger partial charge in [-0.1, -0.05) is 24.3 Å². The Morgan fingerprint density at radius 1 is 1.26 bits per heavy atom. The third-order valence-electron chi connectivity index (χ3n) is 3.57. The van der Waals surface area contributed by atoms with Crippen molar-refractivity contribution in [2.24, 2.45) is 0 Å². The summed E-state index contributed by atoms with van der Waals surface area (Å²) in [6.07, 6.45) is 4.83. The number of hydrogen-bond donors (Lipinski definition) is 1. The Bertz CT molecular complexity index is 819. The van der Waals surface area contributed by atoms with Gasteiger partial charge in [0.25, 0.3) is 5.91 Å². The van der Waals surface area contributed by atoms with E-state index >= 15 is 0 Å². The lowest BCUT2D eigenvalue weighted by molar-refractivity contribution is 0.102. The van der Waals surface area contributed by atoms with E-state index in [1.54, 1.807) is 21.9 Å². The first-order valence-electron chi connectivity index (χ1n) is 7.43. The van der Waals surface area contributed by atoms with Crippen molar-refractivity contribution < 1.29 is 4.79 Å². The highest BCUT2D eigenvalue weighted by atomic mass is 16.1. The molecule has 0 spiro atoms. The molecule has 0 atom stereocenters. The molecule has 118 valence electrons. The summed E-state index contributed by atoms with van der Waals surface area (Å²) in [6, 6.07) is 8.10. The van der Waals surface area contributed by atoms with Crippen LogP contribution in [0.2, 0.25) is 0 Å². The highest BCUT2D eigenvalue weighted by Gasteiger charge is 2.11. The first kappa shape index (κ1) is 15.0. The first-order valence-corrected chi connectivity index (χ1v) is 7.43. The van der Waals surface area contributed by atoms with E-state index in [1.165, 1.54) is 17.3 Å². The van der Waals surface area contributed by atoms with Gasteiger partial charge < -0.3 is 0 Å². The van der Waals surface area contributed by atoms with E-state index in [-0.39, 0.29) is 11.9 Å². The molecule has 0 fully saturated rings. The fraction of sp³-hybridized carbons (Fsp3) is 0.250. The standard InChI is InChI=1S/C16H18N6O/c1-3-21-10-14(8-18-21)15(23)19-16-17-11-22(20-16)9-13-7-5-4-6-12(13)2/h4-8,10-11H,3,9H2,1-2H3,(H,19,20,23). The lowest BCUT2D eigenvalue weighted by Gasteiger charge is -2.04. The lowest BCUT2D eigenvalue weighted by Crippen LogP contribution is -2.13. The maximum absolute atomic E-state index is 12.1. The van der Waals surface area contributed by atoms with E-state index in [0.29, 0.717) is 12.1 Å². The zero-order valence-corrected chi connectivity index (χ0v) is 13.1. The zero-order chi connectivity index (χ0) is 16.2. The molecule has 0 aliphatic heterocycles. The Morgan fingerprint density at radius 2 is 2.09 bits per heavy atom. The quantitative estimate of drug-likeness (QED) is 0.783. The minimum absolute atomic E-state index is 0.265. The number of aromatic nitrogens is 5. The highest BCUT2D eigenvalue weighted by molar-refractivity contribution is 6.02. The van der Waals surface area contributed by atoms with Crippen molar-refractivity contribution in [3.63, 3.8) is 0 Å². The molecule has 0 aliphatic carbocycles. The van der Waals surface area contributed by atoms with Crippen LogP contribution in [0.3, 0.4) is 0 Å². The van der Waals surface area contributed by atoms with E-state index in [1.807, 2.05) is 19.1 Å². The third kappa shape index (κ3) is 3.45. The fourth-order valence-electron chi connectivity index (χ4n) is 2.22. The first-order chi connectivity index (χ1) is 11.2. The van der Waals surface area contributed by atoms with Gasteiger partial charge >= 0.3 is 0 Å². The summed E-state index contributed by atoms with van der Waals surface area (Å²) in [7, 11) is 0. The Hall–Kier alpha value is -2.96. The average molecular weight is 310 g/mol. The van der Waals surface area contributed by atoms with Crippen molar-refractivity contribution >= 4 is 11.9 Å². The van der Waals surface area contributed by atoms with Crippen LogP contribution >= 0.6 is 0 Å². The Labute approximate surface area is 134 Å². The molecule has 3 rings (SSSR count). The Morgan fingerprint density at radius 3 is 2.83 bits per heavy atom. The van der Waals surface area contributed by atoms with Gasteiger partial charge in [0.15, 0.2) is 0 Å². The van der Waals surface area contributed by atoms with Crippen LogP contribution in [0.25, 0.3) is 0 Å². The molecule has 0 saturated heterocycles. The van der Waals surface area contributed by atoms with E-state index in [0.717, 1.165) is 6.54 Å². The smallest absolute Gasteiger partial charge is 0.261 e. The topological polar surface area (TPSA) is 77.6 Å². The number of hydrogen-bond acceptors (Lipinski definition) is 4. The van der Waals surface area contributed by atoms with Crippen molar-refractivity contribution in [3.05, 3.63) is 59.7 Å². The van der Waals surface area contributed by atoms with Crippen LogP contribution in [0.1, 0.15) is 28.4 Å². The number of rotatable bonds is 5. The molecule has 0 unspecified atom stereocenters. The van der Waals surface area contributed by atoms with Crippen molar-refractivity contribution in [1.29, 1.82) is 0 Å². The molecule has 0 radical (unpaired) electrons. The minimum Gasteiger partial charge on any atom is -0.289 e. The maximum atomic E-state index is 12.1. The number of benzene rings is 1. The second-order valence-electron chi connectivity index (χ2n) is 5.23. The summed E-state index contributed by atoms with van der Waals surface area (Å²) in [5.41, 5.74) is 2.85. The van der Waals surface area contributed by atoms with E-state index in [9.17, 15) is 4.79 Å². The van der Waals surface area contributed by atoms with Crippen LogP contribution in [0.15, 0.2) is 43.0 Å². The van der Waals surface area contributed by atoms with Crippen LogP contribution in [0.4, 0.5) is 5.95 Å². The van der Waals surface area contributed by atoms with E-state index < -0.39 is 0 Å². The van der Waals surface area contributed by atoms with Crippen LogP contribution < -0.4 is 5.32 Å². The van der Waals surface area contributed by atoms with Crippen LogP contribution in [0, 0.1) is 6.92 Å². The lowest BCUT2D eigenvalue weighted by atomic mass is 10.1. The van der Waals surface area contributed by atoms with Crippen molar-refractivity contribution in [2.75, 3.05) is 5.32 Å². The van der Waals surface area contributed by atoms with Gasteiger partial charge in [-0.05, 0) is 25.0 Å². The molecule has 1 aromatic carbocycles. The average Bonchev–Trinajstić information content (AvgIpc) is 3.19. The second kappa shape index (κ2) is 6.43. The van der Waals surface area contributed by atoms with Gasteiger partial charge in [-0.15, -0.1) is 5.10 Å². The molecule has 2 aromatic heterocycles. The van der Waals surface area contributed by atoms with Crippen LogP contribution in [-0.4, -0.2) is 30.5 Å². The molecule has 0 saturated carbocycles. The number of anilines is 1. The molecule has 2 heterocycles. The van der Waals surface area contributed by atoms with Gasteiger partial charge in [0.2, 0.25) is 5.95 Å². The summed E-state index contributed by atoms with van der Waals surface area (Å²) in [5, 5.41) is 11.0. The molecule has 7 heteroatoms. The number of carbonyl (C=O) groups is 1. The maximum Gasteiger partial charge on any atom is 0.261 e. The largest absolute Gasteiger partial charge is 0.289 e. The molecular weight excluding hydrogens is 292 g/mol. The summed E-state index contributed by atoms with van der Waals surface area (Å²) in [6.45, 7) is 5.35. The van der Waals surface area contributed by atoms with Gasteiger partial charge in [0.1, 0.15) is 6.33 Å². The van der Waals surface area contributed by atoms with Crippen molar-refractivity contribution in [2.45, 2.75) is 26.9 Å². The molecule has 23 heavy (non-hydrogen) atoms. The normalized spacial score (nSPS) is 10.7. The van der Waals surface area contributed by atoms with Gasteiger partial charge in [-0.25, -0.2) is 9.67 Å². The molecule has 1 N–H and O–H groups in total. The molecular formula is C16H18N6O. The Kier molecular flexibility index (Phi) is 4.18. The molecule has 7 nitrogen and oxygen atoms in total. The monoisotopic (exact) mass is 310 g/mol. The summed E-state index contributed by atoms with van der Waals surface area (Å²) >= 11 is 0. The number of nitrogens with zero attached hydrogens (tertiary/aromatic N) is 5. The van der Waals surface area contributed by atoms with Gasteiger partial charge in [0, 0.05) is 12.7 Å². The summed E-state index contributed by atoms with van der Waals surface area (Å²) in [4.78, 5) is 16.2. The van der Waals surface area contributed by atoms with Gasteiger partial charge in [0.05, 0.1) is 18.3 Å². The van der Waals surface area contributed by atoms with Crippen molar-refractivity contribution in [3.8, 4) is 0 Å². The van der Waals surface area contributed by atoms with Gasteiger partial charge in [-0.3, -0.25) is 14.8 Å². The highest BCUT2D eigenvalue weighted by Crippen LogP contribution is 2.09. The summed E-state index contributed by atoms with van der Waals surface area (Å²) < 4.78 is 3.40. The fourth-order valence-corrected chi connectivity index (χ4v) is 2.22. The van der Waals surface area contributed by atoms with Gasteiger partial charge in [-0.2, -0.15) is 5.10 Å². The predicted octanol–water partition coefficient (Wildman–Crippen LogP) is 2.10. The Balaban J connectivity index is 1.67. The zero-order valence-electron chi connectivity index (χ0n) is 13.1. The van der Waals surface area contributed by atoms with Crippen LogP contribution in [0.5, 0.6) is 0 Å². The van der Waals surface area contributed by atoms with E-state index in [4.69, 9.17) is 0 Å². The SMILES string of the molecule is CCn1cc(C(=O)Nc2ncn(Cc3ccccc3C)n2)cn1. The predicted molar refractivity (Wildman–Crippen MR) is 86.2 cm³/mol. The number of amides is 1. The minimum atomic E-state index is -0.265. The molecule has 0 bridgehead atoms. The van der Waals surface area contributed by atoms with E-state index in [2.05, 4.69) is 39.6 Å². The van der Waals surface area contributed by atoms with Crippen molar-refractivity contribution in [1.82, 2.24) is 24.5 Å². The number of nitrogens with one attached hydrogen (secondary N) is 1. The second-order valence-corrected chi connectivity index (χ2v) is 5.23. The van der Waals surface area contributed by atoms with Crippen LogP contribution in [-0.2, 0) is 13.1 Å². The summed E-state index contributed by atoms with van der Waals surface area (Å²) in [5.74, 6) is 0.0196. The number of aryl methyl sites for hydroxylation is 2. The molecule has 1 amide bonds. The molecule has 0 aliphatic rings. The molecule has 3 aromatic rings. The number of carbonyl (C=O) groups excluding carboxylic acids is 1. The third-order valence-corrected chi connectivity index (χ3v) is 3.57.